The number of benzene rings is 2. The summed E-state index contributed by atoms with van der Waals surface area (Å²) in [5.41, 5.74) is 4.80. The Morgan fingerprint density at radius 1 is 1.12 bits per heavy atom. The molecule has 0 saturated carbocycles. The Morgan fingerprint density at radius 3 is 2.75 bits per heavy atom. The minimum absolute atomic E-state index is 0.0679. The van der Waals surface area contributed by atoms with E-state index >= 15 is 0 Å². The third-order valence-electron chi connectivity index (χ3n) is 3.90. The van der Waals surface area contributed by atoms with Gasteiger partial charge in [-0.2, -0.15) is 0 Å². The van der Waals surface area contributed by atoms with Gasteiger partial charge in [0.05, 0.1) is 6.26 Å². The highest BCUT2D eigenvalue weighted by Crippen LogP contribution is 2.28. The van der Waals surface area contributed by atoms with E-state index in [1.165, 1.54) is 17.4 Å². The predicted molar refractivity (Wildman–Crippen MR) is 91.4 cm³/mol. The number of ether oxygens (including phenoxy) is 1. The highest BCUT2D eigenvalue weighted by atomic mass is 16.5. The quantitative estimate of drug-likeness (QED) is 0.730. The molecule has 1 aromatic heterocycles. The average Bonchev–Trinajstić information content (AvgIpc) is 3.06. The molecule has 2 aromatic carbocycles. The smallest absolute Gasteiger partial charge is 0.372 e. The minimum atomic E-state index is -1.09. The largest absolute Gasteiger partial charge is 0.489 e. The fourth-order valence-corrected chi connectivity index (χ4v) is 2.57. The molecule has 3 rings (SSSR count). The number of carboxylic acids is 1. The van der Waals surface area contributed by atoms with Crippen LogP contribution in [0, 0.1) is 13.8 Å². The van der Waals surface area contributed by atoms with Crippen LogP contribution in [0.3, 0.4) is 0 Å². The summed E-state index contributed by atoms with van der Waals surface area (Å²) in [7, 11) is 0. The summed E-state index contributed by atoms with van der Waals surface area (Å²) >= 11 is 0. The van der Waals surface area contributed by atoms with Gasteiger partial charge in [-0.25, -0.2) is 4.79 Å². The molecule has 122 valence electrons. The maximum absolute atomic E-state index is 11.2. The van der Waals surface area contributed by atoms with E-state index in [0.717, 1.165) is 11.1 Å². The van der Waals surface area contributed by atoms with E-state index in [1.807, 2.05) is 24.3 Å². The molecule has 0 aliphatic heterocycles. The number of rotatable bonds is 5. The molecule has 24 heavy (non-hydrogen) atoms. The first-order valence-corrected chi connectivity index (χ1v) is 7.65. The summed E-state index contributed by atoms with van der Waals surface area (Å²) in [5, 5.41) is 9.17. The molecule has 1 heterocycles. The Kier molecular flexibility index (Phi) is 4.38. The SMILES string of the molecule is Cc1ccc(C)c(COc2cccc(-c3ccoc3C(=O)O)c2)c1. The van der Waals surface area contributed by atoms with Gasteiger partial charge < -0.3 is 14.3 Å². The molecular formula is C20H18O4. The molecule has 0 amide bonds. The summed E-state index contributed by atoms with van der Waals surface area (Å²) < 4.78 is 10.9. The molecule has 0 fully saturated rings. The molecule has 0 radical (unpaired) electrons. The second-order valence-corrected chi connectivity index (χ2v) is 5.71. The van der Waals surface area contributed by atoms with E-state index in [2.05, 4.69) is 32.0 Å². The van der Waals surface area contributed by atoms with Gasteiger partial charge in [0.25, 0.3) is 0 Å². The molecule has 0 aliphatic rings. The third-order valence-corrected chi connectivity index (χ3v) is 3.90. The molecule has 4 heteroatoms. The Hall–Kier alpha value is -3.01. The fourth-order valence-electron chi connectivity index (χ4n) is 2.57. The van der Waals surface area contributed by atoms with Crippen molar-refractivity contribution in [3.8, 4) is 16.9 Å². The lowest BCUT2D eigenvalue weighted by molar-refractivity contribution is 0.0663. The van der Waals surface area contributed by atoms with Gasteiger partial charge in [0.2, 0.25) is 5.76 Å². The predicted octanol–water partition coefficient (Wildman–Crippen LogP) is 4.84. The van der Waals surface area contributed by atoms with E-state index < -0.39 is 5.97 Å². The standard InChI is InChI=1S/C20H18O4/c1-13-6-7-14(2)16(10-13)12-24-17-5-3-4-15(11-17)18-8-9-23-19(18)20(21)22/h3-11H,12H2,1-2H3,(H,21,22). The van der Waals surface area contributed by atoms with Crippen LogP contribution in [0.2, 0.25) is 0 Å². The topological polar surface area (TPSA) is 59.7 Å². The molecule has 0 spiro atoms. The Labute approximate surface area is 140 Å². The van der Waals surface area contributed by atoms with Crippen LogP contribution in [0.4, 0.5) is 0 Å². The van der Waals surface area contributed by atoms with E-state index in [9.17, 15) is 4.79 Å². The Balaban J connectivity index is 1.82. The molecular weight excluding hydrogens is 304 g/mol. The first kappa shape index (κ1) is 15.9. The van der Waals surface area contributed by atoms with Gasteiger partial charge in [-0.1, -0.05) is 35.9 Å². The van der Waals surface area contributed by atoms with Crippen molar-refractivity contribution in [3.63, 3.8) is 0 Å². The summed E-state index contributed by atoms with van der Waals surface area (Å²) in [5.74, 6) is -0.468. The normalized spacial score (nSPS) is 10.6. The van der Waals surface area contributed by atoms with Crippen molar-refractivity contribution in [2.24, 2.45) is 0 Å². The number of aryl methyl sites for hydroxylation is 2. The number of aromatic carboxylic acids is 1. The number of carbonyl (C=O) groups is 1. The van der Waals surface area contributed by atoms with E-state index in [0.29, 0.717) is 17.9 Å². The number of furan rings is 1. The van der Waals surface area contributed by atoms with Crippen LogP contribution in [0.5, 0.6) is 5.75 Å². The van der Waals surface area contributed by atoms with E-state index in [-0.39, 0.29) is 5.76 Å². The maximum atomic E-state index is 11.2. The molecule has 0 saturated heterocycles. The van der Waals surface area contributed by atoms with E-state index in [4.69, 9.17) is 14.3 Å². The van der Waals surface area contributed by atoms with Gasteiger partial charge >= 0.3 is 5.97 Å². The summed E-state index contributed by atoms with van der Waals surface area (Å²) in [6.07, 6.45) is 1.38. The lowest BCUT2D eigenvalue weighted by atomic mass is 10.1. The second kappa shape index (κ2) is 6.62. The van der Waals surface area contributed by atoms with Gasteiger partial charge in [0.1, 0.15) is 12.4 Å². The van der Waals surface area contributed by atoms with Crippen molar-refractivity contribution >= 4 is 5.97 Å². The monoisotopic (exact) mass is 322 g/mol. The molecule has 0 aliphatic carbocycles. The zero-order valence-electron chi connectivity index (χ0n) is 13.6. The molecule has 0 bridgehead atoms. The van der Waals surface area contributed by atoms with Crippen molar-refractivity contribution in [1.29, 1.82) is 0 Å². The zero-order chi connectivity index (χ0) is 17.1. The van der Waals surface area contributed by atoms with Crippen molar-refractivity contribution in [2.45, 2.75) is 20.5 Å². The zero-order valence-corrected chi connectivity index (χ0v) is 13.6. The lowest BCUT2D eigenvalue weighted by Gasteiger charge is -2.10. The Morgan fingerprint density at radius 2 is 1.96 bits per heavy atom. The van der Waals surface area contributed by atoms with Crippen LogP contribution in [0.15, 0.2) is 59.2 Å². The van der Waals surface area contributed by atoms with Crippen LogP contribution in [-0.4, -0.2) is 11.1 Å². The average molecular weight is 322 g/mol. The van der Waals surface area contributed by atoms with Gasteiger partial charge in [-0.3, -0.25) is 0 Å². The first-order valence-electron chi connectivity index (χ1n) is 7.65. The second-order valence-electron chi connectivity index (χ2n) is 5.71. The molecule has 0 atom stereocenters. The third kappa shape index (κ3) is 3.33. The van der Waals surface area contributed by atoms with Gasteiger partial charge in [0, 0.05) is 5.56 Å². The van der Waals surface area contributed by atoms with Crippen molar-refractivity contribution in [2.75, 3.05) is 0 Å². The van der Waals surface area contributed by atoms with Crippen LogP contribution >= 0.6 is 0 Å². The molecule has 0 unspecified atom stereocenters. The van der Waals surface area contributed by atoms with Crippen molar-refractivity contribution < 1.29 is 19.1 Å². The summed E-state index contributed by atoms with van der Waals surface area (Å²) in [6, 6.07) is 15.3. The maximum Gasteiger partial charge on any atom is 0.372 e. The number of carboxylic acid groups (broad SMARTS) is 1. The molecule has 4 nitrogen and oxygen atoms in total. The number of hydrogen-bond donors (Lipinski definition) is 1. The van der Waals surface area contributed by atoms with Crippen LogP contribution in [-0.2, 0) is 6.61 Å². The number of hydrogen-bond acceptors (Lipinski definition) is 3. The minimum Gasteiger partial charge on any atom is -0.489 e. The van der Waals surface area contributed by atoms with Crippen molar-refractivity contribution in [1.82, 2.24) is 0 Å². The Bertz CT molecular complexity index is 877. The lowest BCUT2D eigenvalue weighted by Crippen LogP contribution is -1.99. The summed E-state index contributed by atoms with van der Waals surface area (Å²) in [4.78, 5) is 11.2. The highest BCUT2D eigenvalue weighted by molar-refractivity contribution is 5.93. The van der Waals surface area contributed by atoms with Gasteiger partial charge in [0.15, 0.2) is 0 Å². The van der Waals surface area contributed by atoms with E-state index in [1.54, 1.807) is 6.07 Å². The van der Waals surface area contributed by atoms with Crippen LogP contribution in [0.1, 0.15) is 27.2 Å². The van der Waals surface area contributed by atoms with Crippen LogP contribution in [0.25, 0.3) is 11.1 Å². The van der Waals surface area contributed by atoms with Gasteiger partial charge in [-0.05, 0) is 48.7 Å². The highest BCUT2D eigenvalue weighted by Gasteiger charge is 2.15. The summed E-state index contributed by atoms with van der Waals surface area (Å²) in [6.45, 7) is 4.57. The van der Waals surface area contributed by atoms with Crippen molar-refractivity contribution in [3.05, 3.63) is 77.2 Å². The van der Waals surface area contributed by atoms with Crippen LogP contribution < -0.4 is 4.74 Å². The fraction of sp³-hybridized carbons (Fsp3) is 0.150. The molecule has 1 N–H and O–H groups in total. The first-order chi connectivity index (χ1) is 11.5. The van der Waals surface area contributed by atoms with Gasteiger partial charge in [-0.15, -0.1) is 0 Å². The molecule has 3 aromatic rings.